The minimum Gasteiger partial charge on any atom is -0.462 e. The predicted octanol–water partition coefficient (Wildman–Crippen LogP) is 25.3. The van der Waals surface area contributed by atoms with Crippen LogP contribution in [0.4, 0.5) is 0 Å². The van der Waals surface area contributed by atoms with Crippen LogP contribution >= 0.6 is 15.6 Å². The van der Waals surface area contributed by atoms with Crippen LogP contribution in [0.2, 0.25) is 0 Å². The lowest BCUT2D eigenvalue weighted by atomic mass is 9.99. The molecule has 0 aromatic heterocycles. The van der Waals surface area contributed by atoms with Crippen molar-refractivity contribution in [1.82, 2.24) is 0 Å². The highest BCUT2D eigenvalue weighted by atomic mass is 31.2. The van der Waals surface area contributed by atoms with Crippen molar-refractivity contribution < 1.29 is 80.2 Å². The van der Waals surface area contributed by atoms with Crippen LogP contribution in [0.15, 0.2) is 0 Å². The first-order valence-electron chi connectivity index (χ1n) is 43.4. The molecule has 0 aliphatic carbocycles. The van der Waals surface area contributed by atoms with Crippen LogP contribution < -0.4 is 0 Å². The number of esters is 4. The largest absolute Gasteiger partial charge is 0.472 e. The summed E-state index contributed by atoms with van der Waals surface area (Å²) < 4.78 is 68.9. The van der Waals surface area contributed by atoms with E-state index in [9.17, 15) is 43.2 Å². The molecule has 0 aliphatic heterocycles. The minimum atomic E-state index is -4.97. The molecule has 0 spiro atoms. The topological polar surface area (TPSA) is 237 Å². The molecule has 0 amide bonds. The van der Waals surface area contributed by atoms with Gasteiger partial charge < -0.3 is 33.8 Å². The molecule has 0 radical (unpaired) electrons. The molecule has 0 aromatic carbocycles. The zero-order chi connectivity index (χ0) is 75.8. The third-order valence-electron chi connectivity index (χ3n) is 20.4. The summed E-state index contributed by atoms with van der Waals surface area (Å²) in [6, 6.07) is 0. The van der Waals surface area contributed by atoms with Crippen molar-refractivity contribution >= 4 is 39.5 Å². The summed E-state index contributed by atoms with van der Waals surface area (Å²) in [5.41, 5.74) is 0. The Balaban J connectivity index is 5.26. The van der Waals surface area contributed by atoms with Crippen molar-refractivity contribution in [3.63, 3.8) is 0 Å². The second kappa shape index (κ2) is 74.2. The van der Waals surface area contributed by atoms with Crippen LogP contribution in [0, 0.1) is 17.8 Å². The minimum absolute atomic E-state index is 0.107. The second-order valence-electron chi connectivity index (χ2n) is 31.2. The number of aliphatic hydroxyl groups is 1. The number of ether oxygens (including phenoxy) is 4. The van der Waals surface area contributed by atoms with Crippen LogP contribution in [-0.4, -0.2) is 96.7 Å². The second-order valence-corrected chi connectivity index (χ2v) is 34.1. The van der Waals surface area contributed by atoms with Crippen molar-refractivity contribution in [1.29, 1.82) is 0 Å². The van der Waals surface area contributed by atoms with E-state index < -0.39 is 97.5 Å². The molecule has 4 unspecified atom stereocenters. The van der Waals surface area contributed by atoms with Crippen molar-refractivity contribution in [2.24, 2.45) is 17.8 Å². The molecular weight excluding hydrogens is 1340 g/mol. The third kappa shape index (κ3) is 75.3. The third-order valence-corrected chi connectivity index (χ3v) is 22.3. The fourth-order valence-corrected chi connectivity index (χ4v) is 14.5. The maximum absolute atomic E-state index is 13.1. The predicted molar refractivity (Wildman–Crippen MR) is 423 cm³/mol. The van der Waals surface area contributed by atoms with Gasteiger partial charge in [-0.15, -0.1) is 0 Å². The number of unbranched alkanes of at least 4 members (excludes halogenated alkanes) is 48. The first-order chi connectivity index (χ1) is 49.8. The molecule has 0 rings (SSSR count). The van der Waals surface area contributed by atoms with Crippen molar-refractivity contribution in [3.8, 4) is 0 Å². The summed E-state index contributed by atoms with van der Waals surface area (Å²) in [6.45, 7) is 12.1. The number of carbonyl (C=O) groups excluding carboxylic acids is 4. The lowest BCUT2D eigenvalue weighted by molar-refractivity contribution is -0.161. The summed E-state index contributed by atoms with van der Waals surface area (Å²) in [5, 5.41) is 10.7. The smallest absolute Gasteiger partial charge is 0.462 e. The van der Waals surface area contributed by atoms with Crippen molar-refractivity contribution in [3.05, 3.63) is 0 Å². The first-order valence-corrected chi connectivity index (χ1v) is 46.4. The molecule has 17 nitrogen and oxygen atoms in total. The van der Waals surface area contributed by atoms with Crippen LogP contribution in [-0.2, 0) is 65.4 Å². The molecule has 3 N–H and O–H groups in total. The van der Waals surface area contributed by atoms with E-state index in [-0.39, 0.29) is 25.7 Å². The molecule has 103 heavy (non-hydrogen) atoms. The lowest BCUT2D eigenvalue weighted by Gasteiger charge is -2.21. The van der Waals surface area contributed by atoms with E-state index in [1.807, 2.05) is 0 Å². The molecule has 612 valence electrons. The Morgan fingerprint density at radius 3 is 0.738 bits per heavy atom. The van der Waals surface area contributed by atoms with Gasteiger partial charge in [0.25, 0.3) is 0 Å². The van der Waals surface area contributed by atoms with Gasteiger partial charge in [0.05, 0.1) is 26.4 Å². The van der Waals surface area contributed by atoms with Gasteiger partial charge in [-0.25, -0.2) is 9.13 Å². The van der Waals surface area contributed by atoms with Gasteiger partial charge in [-0.05, 0) is 43.4 Å². The maximum Gasteiger partial charge on any atom is 0.472 e. The van der Waals surface area contributed by atoms with E-state index in [0.29, 0.717) is 25.7 Å². The standard InChI is InChI=1S/C84H164O17P2/c1-8-11-12-13-14-15-16-29-37-44-51-58-65-81(86)94-72-80(101-84(89)68-61-54-47-40-33-32-36-43-50-57-64-77(7)10-3)74-99-103(92,93)97-70-78(85)69-96-102(90,91)98-73-79(71-95-82(87)66-59-52-45-38-30-25-22-21-24-28-35-42-49-56-63-76(6)9-2)100-83(88)67-60-53-46-39-31-26-20-18-17-19-23-27-34-41-48-55-62-75(4)5/h75-80,85H,8-74H2,1-7H3,(H,90,91)(H,92,93)/t76?,77?,78-,79-,80-/m1/s1. The molecule has 0 aromatic rings. The highest BCUT2D eigenvalue weighted by Gasteiger charge is 2.30. The van der Waals surface area contributed by atoms with E-state index in [0.717, 1.165) is 108 Å². The Labute approximate surface area is 632 Å². The average molecular weight is 1510 g/mol. The van der Waals surface area contributed by atoms with Gasteiger partial charge in [0, 0.05) is 25.7 Å². The molecule has 0 saturated heterocycles. The fourth-order valence-electron chi connectivity index (χ4n) is 13.0. The highest BCUT2D eigenvalue weighted by molar-refractivity contribution is 7.47. The molecule has 0 bridgehead atoms. The zero-order valence-electron chi connectivity index (χ0n) is 67.8. The maximum atomic E-state index is 13.1. The number of phosphoric acid groups is 2. The first kappa shape index (κ1) is 101. The number of carbonyl (C=O) groups is 4. The Hall–Kier alpha value is -1.94. The fraction of sp³-hybridized carbons (Fsp3) is 0.952. The SMILES string of the molecule is CCCCCCCCCCCCCCC(=O)OC[C@H](COP(=O)(O)OC[C@H](O)COP(=O)(O)OC[C@@H](COC(=O)CCCCCCCCCCCCCCCCC(C)CC)OC(=O)CCCCCCCCCCCCCCCCCCC(C)C)OC(=O)CCCCCCCCCCCCC(C)CC. The lowest BCUT2D eigenvalue weighted by Crippen LogP contribution is -2.30. The Morgan fingerprint density at radius 1 is 0.282 bits per heavy atom. The molecular formula is C84H164O17P2. The monoisotopic (exact) mass is 1510 g/mol. The summed E-state index contributed by atoms with van der Waals surface area (Å²) in [5.74, 6) is 0.357. The van der Waals surface area contributed by atoms with Crippen LogP contribution in [0.25, 0.3) is 0 Å². The van der Waals surface area contributed by atoms with E-state index in [1.54, 1.807) is 0 Å². The van der Waals surface area contributed by atoms with Gasteiger partial charge in [0.1, 0.15) is 19.3 Å². The Morgan fingerprint density at radius 2 is 0.495 bits per heavy atom. The molecule has 0 fully saturated rings. The summed E-state index contributed by atoms with van der Waals surface area (Å²) in [7, 11) is -9.93. The number of hydrogen-bond donors (Lipinski definition) is 3. The number of aliphatic hydroxyl groups excluding tert-OH is 1. The van der Waals surface area contributed by atoms with Gasteiger partial charge >= 0.3 is 39.5 Å². The van der Waals surface area contributed by atoms with Crippen LogP contribution in [0.1, 0.15) is 440 Å². The highest BCUT2D eigenvalue weighted by Crippen LogP contribution is 2.45. The van der Waals surface area contributed by atoms with Gasteiger partial charge in [-0.2, -0.15) is 0 Å². The van der Waals surface area contributed by atoms with E-state index in [4.69, 9.17) is 37.0 Å². The Kier molecular flexibility index (Phi) is 72.8. The summed E-state index contributed by atoms with van der Waals surface area (Å²) in [4.78, 5) is 73.2. The van der Waals surface area contributed by atoms with E-state index >= 15 is 0 Å². The average Bonchev–Trinajstić information content (AvgIpc) is 0.911. The molecule has 0 heterocycles. The summed E-state index contributed by atoms with van der Waals surface area (Å²) >= 11 is 0. The molecule has 0 saturated carbocycles. The van der Waals surface area contributed by atoms with E-state index in [1.165, 1.54) is 250 Å². The van der Waals surface area contributed by atoms with Crippen molar-refractivity contribution in [2.45, 2.75) is 458 Å². The quantitative estimate of drug-likeness (QED) is 0.0222. The molecule has 0 aliphatic rings. The van der Waals surface area contributed by atoms with Gasteiger partial charge in [0.2, 0.25) is 0 Å². The Bertz CT molecular complexity index is 2000. The summed E-state index contributed by atoms with van der Waals surface area (Å²) in [6.07, 6.45) is 63.6. The zero-order valence-corrected chi connectivity index (χ0v) is 69.6. The van der Waals surface area contributed by atoms with Crippen LogP contribution in [0.3, 0.4) is 0 Å². The number of hydrogen-bond acceptors (Lipinski definition) is 15. The van der Waals surface area contributed by atoms with Gasteiger partial charge in [-0.3, -0.25) is 37.3 Å². The number of phosphoric ester groups is 2. The number of rotatable bonds is 82. The van der Waals surface area contributed by atoms with Gasteiger partial charge in [-0.1, -0.05) is 389 Å². The molecule has 7 atom stereocenters. The van der Waals surface area contributed by atoms with Crippen molar-refractivity contribution in [2.75, 3.05) is 39.6 Å². The van der Waals surface area contributed by atoms with Gasteiger partial charge in [0.15, 0.2) is 12.2 Å². The normalized spacial score (nSPS) is 14.4. The van der Waals surface area contributed by atoms with Crippen LogP contribution in [0.5, 0.6) is 0 Å². The molecule has 19 heteroatoms. The van der Waals surface area contributed by atoms with E-state index in [2.05, 4.69) is 48.5 Å².